The molecule has 0 aromatic rings. The summed E-state index contributed by atoms with van der Waals surface area (Å²) in [7, 11) is 0. The molecule has 0 aromatic heterocycles. The van der Waals surface area contributed by atoms with Crippen molar-refractivity contribution in [3.8, 4) is 0 Å². The van der Waals surface area contributed by atoms with E-state index < -0.39 is 0 Å². The summed E-state index contributed by atoms with van der Waals surface area (Å²) in [5.74, 6) is 0.107. The van der Waals surface area contributed by atoms with E-state index in [0.29, 0.717) is 12.8 Å². The Morgan fingerprint density at radius 3 is 2.43 bits per heavy atom. The van der Waals surface area contributed by atoms with Crippen LogP contribution >= 0.6 is 0 Å². The largest absolute Gasteiger partial charge is 0.388 e. The van der Waals surface area contributed by atoms with E-state index in [1.165, 1.54) is 0 Å². The molecule has 3 heteroatoms. The van der Waals surface area contributed by atoms with E-state index in [4.69, 9.17) is 11.1 Å². The third-order valence-electron chi connectivity index (χ3n) is 0.590. The van der Waals surface area contributed by atoms with E-state index in [1.807, 2.05) is 0 Å². The maximum absolute atomic E-state index is 9.68. The van der Waals surface area contributed by atoms with Crippen LogP contribution in [0.15, 0.2) is 0 Å². The lowest BCUT2D eigenvalue weighted by molar-refractivity contribution is 0.191. The molecule has 0 saturated heterocycles. The van der Waals surface area contributed by atoms with Crippen LogP contribution in [0.25, 0.3) is 0 Å². The van der Waals surface area contributed by atoms with Gasteiger partial charge in [0.25, 0.3) is 0 Å². The lowest BCUT2D eigenvalue weighted by atomic mass is 10.3. The highest BCUT2D eigenvalue weighted by molar-refractivity contribution is 5.76. The molecule has 1 radical (unpaired) electrons. The number of nitrogens with two attached hydrogens (primary N) is 1. The maximum atomic E-state index is 9.68. The number of amidine groups is 1. The summed E-state index contributed by atoms with van der Waals surface area (Å²) in [6.07, 6.45) is 0.943. The van der Waals surface area contributed by atoms with Crippen LogP contribution < -0.4 is 5.73 Å². The van der Waals surface area contributed by atoms with Gasteiger partial charge in [-0.05, 0) is 6.42 Å². The van der Waals surface area contributed by atoms with Crippen molar-refractivity contribution in [2.75, 3.05) is 6.61 Å². The van der Waals surface area contributed by atoms with Crippen LogP contribution in [0.5, 0.6) is 0 Å². The first kappa shape index (κ1) is 6.43. The van der Waals surface area contributed by atoms with Crippen molar-refractivity contribution >= 4 is 5.84 Å². The summed E-state index contributed by atoms with van der Waals surface area (Å²) in [6, 6.07) is 0. The fraction of sp³-hybridized carbons (Fsp3) is 0.750. The monoisotopic (exact) mass is 101 g/mol. The lowest BCUT2D eigenvalue weighted by Gasteiger charge is -1.88. The smallest absolute Gasteiger partial charge is 0.0906 e. The minimum Gasteiger partial charge on any atom is -0.388 e. The summed E-state index contributed by atoms with van der Waals surface area (Å²) < 4.78 is 0. The molecule has 0 bridgehead atoms. The molecule has 0 aliphatic rings. The molecule has 0 amide bonds. The fourth-order valence-electron chi connectivity index (χ4n) is 0.263. The topological polar surface area (TPSA) is 69.8 Å². The second-order valence-electron chi connectivity index (χ2n) is 1.33. The van der Waals surface area contributed by atoms with Crippen LogP contribution in [0.2, 0.25) is 0 Å². The van der Waals surface area contributed by atoms with Crippen LogP contribution in [-0.2, 0) is 5.11 Å². The second-order valence-corrected chi connectivity index (χ2v) is 1.33. The molecule has 0 aliphatic carbocycles. The molecule has 0 heterocycles. The van der Waals surface area contributed by atoms with Gasteiger partial charge < -0.3 is 5.73 Å². The molecule has 7 heavy (non-hydrogen) atoms. The van der Waals surface area contributed by atoms with Gasteiger partial charge in [-0.2, -0.15) is 0 Å². The van der Waals surface area contributed by atoms with Gasteiger partial charge in [0.2, 0.25) is 0 Å². The summed E-state index contributed by atoms with van der Waals surface area (Å²) in [5.41, 5.74) is 4.92. The number of hydrogen-bond acceptors (Lipinski definition) is 1. The summed E-state index contributed by atoms with van der Waals surface area (Å²) in [6.45, 7) is -0.125. The average molecular weight is 101 g/mol. The van der Waals surface area contributed by atoms with E-state index in [9.17, 15) is 5.11 Å². The van der Waals surface area contributed by atoms with Crippen LogP contribution in [0.3, 0.4) is 0 Å². The number of hydrogen-bond donors (Lipinski definition) is 2. The predicted octanol–water partition coefficient (Wildman–Crippen LogP) is 0.133. The van der Waals surface area contributed by atoms with Crippen molar-refractivity contribution < 1.29 is 5.11 Å². The SMILES string of the molecule is N=C(N)CCC[O]. The van der Waals surface area contributed by atoms with Crippen molar-refractivity contribution in [2.45, 2.75) is 12.8 Å². The molecular weight excluding hydrogens is 92.1 g/mol. The zero-order valence-electron chi connectivity index (χ0n) is 4.11. The van der Waals surface area contributed by atoms with Gasteiger partial charge >= 0.3 is 0 Å². The molecule has 0 atom stereocenters. The summed E-state index contributed by atoms with van der Waals surface area (Å²) >= 11 is 0. The van der Waals surface area contributed by atoms with Crippen LogP contribution in [0.1, 0.15) is 12.8 Å². The zero-order chi connectivity index (χ0) is 5.70. The van der Waals surface area contributed by atoms with Gasteiger partial charge in [0.15, 0.2) is 0 Å². The van der Waals surface area contributed by atoms with Gasteiger partial charge in [0.05, 0.1) is 12.4 Å². The number of rotatable bonds is 3. The first-order valence-corrected chi connectivity index (χ1v) is 2.18. The van der Waals surface area contributed by atoms with Gasteiger partial charge in [-0.3, -0.25) is 5.41 Å². The minimum atomic E-state index is -0.125. The van der Waals surface area contributed by atoms with Gasteiger partial charge in [-0.15, -0.1) is 0 Å². The van der Waals surface area contributed by atoms with Crippen molar-refractivity contribution in [3.63, 3.8) is 0 Å². The van der Waals surface area contributed by atoms with Gasteiger partial charge in [0.1, 0.15) is 0 Å². The Labute approximate surface area is 42.7 Å². The van der Waals surface area contributed by atoms with E-state index in [-0.39, 0.29) is 12.4 Å². The van der Waals surface area contributed by atoms with Crippen LogP contribution in [-0.4, -0.2) is 12.4 Å². The quantitative estimate of drug-likeness (QED) is 0.385. The Hall–Kier alpha value is -0.570. The maximum Gasteiger partial charge on any atom is 0.0906 e. The molecule has 0 unspecified atom stereocenters. The third kappa shape index (κ3) is 5.43. The normalized spacial score (nSPS) is 8.71. The highest BCUT2D eigenvalue weighted by atomic mass is 16.2. The lowest BCUT2D eigenvalue weighted by Crippen LogP contribution is -2.08. The van der Waals surface area contributed by atoms with Crippen molar-refractivity contribution in [1.29, 1.82) is 5.41 Å². The molecule has 0 rings (SSSR count). The molecular formula is C4H9N2O. The molecule has 3 nitrogen and oxygen atoms in total. The Morgan fingerprint density at radius 2 is 2.29 bits per heavy atom. The van der Waals surface area contributed by atoms with Crippen molar-refractivity contribution in [2.24, 2.45) is 5.73 Å². The zero-order valence-corrected chi connectivity index (χ0v) is 4.11. The van der Waals surface area contributed by atoms with Gasteiger partial charge in [-0.1, -0.05) is 0 Å². The standard InChI is InChI=1S/C4H9N2O/c5-4(6)2-1-3-7/h1-3H2,(H3,5,6). The number of nitrogens with one attached hydrogen (secondary N) is 1. The molecule has 0 aliphatic heterocycles. The highest BCUT2D eigenvalue weighted by Crippen LogP contribution is 1.82. The summed E-state index contributed by atoms with van der Waals surface area (Å²) in [4.78, 5) is 0. The van der Waals surface area contributed by atoms with Crippen molar-refractivity contribution in [1.82, 2.24) is 0 Å². The molecule has 0 aromatic carbocycles. The van der Waals surface area contributed by atoms with E-state index in [1.54, 1.807) is 0 Å². The molecule has 0 spiro atoms. The fourth-order valence-corrected chi connectivity index (χ4v) is 0.263. The summed E-state index contributed by atoms with van der Waals surface area (Å²) in [5, 5.41) is 16.3. The first-order valence-electron chi connectivity index (χ1n) is 2.18. The molecule has 0 saturated carbocycles. The van der Waals surface area contributed by atoms with Crippen LogP contribution in [0, 0.1) is 5.41 Å². The molecule has 3 N–H and O–H groups in total. The minimum absolute atomic E-state index is 0.107. The van der Waals surface area contributed by atoms with Crippen molar-refractivity contribution in [3.05, 3.63) is 0 Å². The first-order chi connectivity index (χ1) is 3.27. The Morgan fingerprint density at radius 1 is 1.71 bits per heavy atom. The average Bonchev–Trinajstić information content (AvgIpc) is 1.61. The Kier molecular flexibility index (Phi) is 3.32. The molecule has 0 fully saturated rings. The highest BCUT2D eigenvalue weighted by Gasteiger charge is 1.85. The van der Waals surface area contributed by atoms with Crippen LogP contribution in [0.4, 0.5) is 0 Å². The van der Waals surface area contributed by atoms with Gasteiger partial charge in [-0.25, -0.2) is 5.11 Å². The Balaban J connectivity index is 2.82. The Bertz CT molecular complexity index is 62.7. The third-order valence-corrected chi connectivity index (χ3v) is 0.590. The van der Waals surface area contributed by atoms with E-state index in [0.717, 1.165) is 0 Å². The van der Waals surface area contributed by atoms with Gasteiger partial charge in [0, 0.05) is 6.42 Å². The van der Waals surface area contributed by atoms with E-state index in [2.05, 4.69) is 0 Å². The predicted molar refractivity (Wildman–Crippen MR) is 26.7 cm³/mol. The van der Waals surface area contributed by atoms with E-state index >= 15 is 0 Å². The second kappa shape index (κ2) is 3.61. The molecule has 41 valence electrons.